The molecule has 0 saturated carbocycles. The van der Waals surface area contributed by atoms with Crippen molar-refractivity contribution >= 4 is 17.5 Å². The van der Waals surface area contributed by atoms with E-state index >= 15 is 0 Å². The quantitative estimate of drug-likeness (QED) is 0.915. The lowest BCUT2D eigenvalue weighted by molar-refractivity contribution is 0.0936. The fourth-order valence-corrected chi connectivity index (χ4v) is 1.79. The Bertz CT molecular complexity index is 527. The second-order valence-corrected chi connectivity index (χ2v) is 4.40. The topological polar surface area (TPSA) is 59.8 Å². The molecule has 1 atom stereocenters. The molecule has 0 aliphatic rings. The summed E-state index contributed by atoms with van der Waals surface area (Å²) in [5.41, 5.74) is 0.386. The Morgan fingerprint density at radius 2 is 2.33 bits per heavy atom. The van der Waals surface area contributed by atoms with Crippen LogP contribution in [0.2, 0.25) is 5.02 Å². The molecule has 0 radical (unpaired) electrons. The summed E-state index contributed by atoms with van der Waals surface area (Å²) in [7, 11) is 0. The minimum atomic E-state index is -0.222. The van der Waals surface area contributed by atoms with Crippen molar-refractivity contribution in [3.63, 3.8) is 0 Å². The Labute approximate surface area is 110 Å². The molecule has 0 aromatic carbocycles. The summed E-state index contributed by atoms with van der Waals surface area (Å²) in [6.45, 7) is 2.58. The van der Waals surface area contributed by atoms with E-state index in [1.165, 1.54) is 6.20 Å². The zero-order chi connectivity index (χ0) is 13.0. The van der Waals surface area contributed by atoms with Crippen molar-refractivity contribution in [3.05, 3.63) is 47.8 Å². The highest BCUT2D eigenvalue weighted by Gasteiger charge is 2.13. The van der Waals surface area contributed by atoms with Gasteiger partial charge in [-0.05, 0) is 13.0 Å². The van der Waals surface area contributed by atoms with Crippen molar-refractivity contribution < 1.29 is 4.79 Å². The number of carbonyl (C=O) groups excluding carboxylic acids is 1. The number of nitrogens with one attached hydrogen (secondary N) is 1. The summed E-state index contributed by atoms with van der Waals surface area (Å²) in [4.78, 5) is 19.8. The van der Waals surface area contributed by atoms with Gasteiger partial charge in [0, 0.05) is 37.4 Å². The zero-order valence-corrected chi connectivity index (χ0v) is 10.6. The fourth-order valence-electron chi connectivity index (χ4n) is 1.60. The van der Waals surface area contributed by atoms with Crippen LogP contribution < -0.4 is 5.32 Å². The molecule has 2 aromatic rings. The van der Waals surface area contributed by atoms with Crippen LogP contribution in [-0.2, 0) is 6.54 Å². The number of amides is 1. The predicted octanol–water partition coefficient (Wildman–Crippen LogP) is 1.75. The maximum atomic E-state index is 11.9. The highest BCUT2D eigenvalue weighted by atomic mass is 35.5. The lowest BCUT2D eigenvalue weighted by Crippen LogP contribution is -2.35. The Morgan fingerprint density at radius 1 is 1.50 bits per heavy atom. The Hall–Kier alpha value is -1.88. The lowest BCUT2D eigenvalue weighted by atomic mass is 10.2. The molecule has 5 nitrogen and oxygen atoms in total. The number of imidazole rings is 1. The first-order chi connectivity index (χ1) is 8.66. The van der Waals surface area contributed by atoms with Crippen LogP contribution in [0.3, 0.4) is 0 Å². The number of rotatable bonds is 4. The van der Waals surface area contributed by atoms with E-state index in [2.05, 4.69) is 15.3 Å². The number of pyridine rings is 1. The van der Waals surface area contributed by atoms with Gasteiger partial charge in [-0.3, -0.25) is 9.78 Å². The summed E-state index contributed by atoms with van der Waals surface area (Å²) in [6.07, 6.45) is 8.27. The predicted molar refractivity (Wildman–Crippen MR) is 68.4 cm³/mol. The van der Waals surface area contributed by atoms with E-state index in [4.69, 9.17) is 11.6 Å². The first kappa shape index (κ1) is 12.6. The van der Waals surface area contributed by atoms with E-state index in [1.54, 1.807) is 24.8 Å². The minimum Gasteiger partial charge on any atom is -0.348 e. The van der Waals surface area contributed by atoms with Gasteiger partial charge in [-0.25, -0.2) is 4.98 Å². The van der Waals surface area contributed by atoms with Crippen molar-refractivity contribution in [3.8, 4) is 0 Å². The second-order valence-electron chi connectivity index (χ2n) is 3.99. The largest absolute Gasteiger partial charge is 0.348 e. The first-order valence-corrected chi connectivity index (χ1v) is 5.90. The van der Waals surface area contributed by atoms with Gasteiger partial charge in [-0.1, -0.05) is 11.6 Å². The van der Waals surface area contributed by atoms with Gasteiger partial charge >= 0.3 is 0 Å². The van der Waals surface area contributed by atoms with Crippen LogP contribution in [0.15, 0.2) is 37.2 Å². The monoisotopic (exact) mass is 264 g/mol. The summed E-state index contributed by atoms with van der Waals surface area (Å²) in [5.74, 6) is -0.222. The molecule has 2 rings (SSSR count). The molecule has 0 aliphatic heterocycles. The molecule has 94 valence electrons. The number of nitrogens with zero attached hydrogens (tertiary/aromatic N) is 3. The van der Waals surface area contributed by atoms with Crippen LogP contribution in [-0.4, -0.2) is 26.5 Å². The summed E-state index contributed by atoms with van der Waals surface area (Å²) in [6, 6.07) is 1.57. The lowest BCUT2D eigenvalue weighted by Gasteiger charge is -2.14. The SMILES string of the molecule is CC(Cn1ccnc1)NC(=O)c1cnccc1Cl. The standard InChI is InChI=1S/C12H13ClN4O/c1-9(7-17-5-4-15-8-17)16-12(18)10-6-14-3-2-11(10)13/h2-6,8-9H,7H2,1H3,(H,16,18). The van der Waals surface area contributed by atoms with Gasteiger partial charge in [0.15, 0.2) is 0 Å². The summed E-state index contributed by atoms with van der Waals surface area (Å²) < 4.78 is 1.90. The van der Waals surface area contributed by atoms with Crippen LogP contribution >= 0.6 is 11.6 Å². The maximum absolute atomic E-state index is 11.9. The third-order valence-corrected chi connectivity index (χ3v) is 2.76. The molecule has 0 saturated heterocycles. The van der Waals surface area contributed by atoms with E-state index in [0.717, 1.165) is 0 Å². The number of hydrogen-bond donors (Lipinski definition) is 1. The summed E-state index contributed by atoms with van der Waals surface area (Å²) in [5, 5.41) is 3.26. The van der Waals surface area contributed by atoms with Crippen molar-refractivity contribution in [2.75, 3.05) is 0 Å². The average Bonchev–Trinajstić information content (AvgIpc) is 2.82. The molecule has 0 spiro atoms. The molecule has 0 fully saturated rings. The molecule has 1 amide bonds. The molecule has 1 N–H and O–H groups in total. The zero-order valence-electron chi connectivity index (χ0n) is 9.88. The molecule has 6 heteroatoms. The molecule has 18 heavy (non-hydrogen) atoms. The number of aromatic nitrogens is 3. The van der Waals surface area contributed by atoms with Crippen LogP contribution in [0.25, 0.3) is 0 Å². The maximum Gasteiger partial charge on any atom is 0.254 e. The Kier molecular flexibility index (Phi) is 3.94. The molecule has 0 aliphatic carbocycles. The Morgan fingerprint density at radius 3 is 3.00 bits per heavy atom. The van der Waals surface area contributed by atoms with Gasteiger partial charge in [0.1, 0.15) is 0 Å². The van der Waals surface area contributed by atoms with Gasteiger partial charge in [0.25, 0.3) is 5.91 Å². The third kappa shape index (κ3) is 3.07. The normalized spacial score (nSPS) is 12.1. The van der Waals surface area contributed by atoms with E-state index in [-0.39, 0.29) is 11.9 Å². The van der Waals surface area contributed by atoms with Crippen molar-refractivity contribution in [1.82, 2.24) is 19.9 Å². The van der Waals surface area contributed by atoms with Crippen LogP contribution in [0, 0.1) is 0 Å². The highest BCUT2D eigenvalue weighted by molar-refractivity contribution is 6.33. The molecular weight excluding hydrogens is 252 g/mol. The number of halogens is 1. The molecule has 2 aromatic heterocycles. The van der Waals surface area contributed by atoms with E-state index in [0.29, 0.717) is 17.1 Å². The van der Waals surface area contributed by atoms with E-state index in [1.807, 2.05) is 17.7 Å². The van der Waals surface area contributed by atoms with Gasteiger partial charge in [0.2, 0.25) is 0 Å². The van der Waals surface area contributed by atoms with Crippen molar-refractivity contribution in [2.45, 2.75) is 19.5 Å². The summed E-state index contributed by atoms with van der Waals surface area (Å²) >= 11 is 5.93. The number of hydrogen-bond acceptors (Lipinski definition) is 3. The van der Waals surface area contributed by atoms with Gasteiger partial charge in [0.05, 0.1) is 16.9 Å². The Balaban J connectivity index is 1.97. The van der Waals surface area contributed by atoms with Crippen molar-refractivity contribution in [1.29, 1.82) is 0 Å². The number of carbonyl (C=O) groups is 1. The molecule has 2 heterocycles. The fraction of sp³-hybridized carbons (Fsp3) is 0.250. The molecule has 0 bridgehead atoms. The van der Waals surface area contributed by atoms with Gasteiger partial charge < -0.3 is 9.88 Å². The van der Waals surface area contributed by atoms with E-state index in [9.17, 15) is 4.79 Å². The van der Waals surface area contributed by atoms with Crippen LogP contribution in [0.5, 0.6) is 0 Å². The smallest absolute Gasteiger partial charge is 0.254 e. The average molecular weight is 265 g/mol. The van der Waals surface area contributed by atoms with Gasteiger partial charge in [-0.2, -0.15) is 0 Å². The van der Waals surface area contributed by atoms with Crippen molar-refractivity contribution in [2.24, 2.45) is 0 Å². The highest BCUT2D eigenvalue weighted by Crippen LogP contribution is 2.13. The third-order valence-electron chi connectivity index (χ3n) is 2.43. The second kappa shape index (κ2) is 5.64. The van der Waals surface area contributed by atoms with E-state index < -0.39 is 0 Å². The molecule has 1 unspecified atom stereocenters. The van der Waals surface area contributed by atoms with Crippen LogP contribution in [0.4, 0.5) is 0 Å². The van der Waals surface area contributed by atoms with Crippen LogP contribution in [0.1, 0.15) is 17.3 Å². The minimum absolute atomic E-state index is 0.0250. The molecular formula is C12H13ClN4O. The van der Waals surface area contributed by atoms with Gasteiger partial charge in [-0.15, -0.1) is 0 Å². The first-order valence-electron chi connectivity index (χ1n) is 5.53.